The largest absolute Gasteiger partial charge is 0.417 e. The normalized spacial score (nSPS) is 10.4. The lowest BCUT2D eigenvalue weighted by molar-refractivity contribution is -0.136. The van der Waals surface area contributed by atoms with E-state index < -0.39 is 11.7 Å². The molecule has 1 aromatic rings. The van der Waals surface area contributed by atoms with E-state index in [1.54, 1.807) is 6.07 Å². The zero-order valence-corrected chi connectivity index (χ0v) is 10.4. The Morgan fingerprint density at radius 1 is 1.44 bits per heavy atom. The highest BCUT2D eigenvalue weighted by atomic mass is 35.5. The maximum atomic E-state index is 12.4. The summed E-state index contributed by atoms with van der Waals surface area (Å²) < 4.78 is 37.1. The number of hydrogen-bond acceptors (Lipinski definition) is 1. The molecule has 1 unspecified atom stereocenters. The maximum absolute atomic E-state index is 12.4. The average molecular weight is 271 g/mol. The minimum absolute atomic E-state index is 0.199. The standard InChI is InChI=1S/C9H10F3P.CHClO/c1-2-6-3-4-8(13)7(5-6)9(10,11)12;2-1-3/h3-5H,2,13H2,1H3;1H. The molecule has 90 valence electrons. The van der Waals surface area contributed by atoms with Crippen molar-refractivity contribution in [2.24, 2.45) is 0 Å². The van der Waals surface area contributed by atoms with Crippen LogP contribution in [0.1, 0.15) is 18.1 Å². The number of hydrogen-bond donors (Lipinski definition) is 0. The van der Waals surface area contributed by atoms with Crippen LogP contribution in [-0.4, -0.2) is 5.75 Å². The highest BCUT2D eigenvalue weighted by molar-refractivity contribution is 7.27. The van der Waals surface area contributed by atoms with Gasteiger partial charge in [-0.25, -0.2) is 0 Å². The third-order valence-corrected chi connectivity index (χ3v) is 2.33. The number of carbonyl (C=O) groups excluding carboxylic acids is 1. The minimum Gasteiger partial charge on any atom is -0.285 e. The fraction of sp³-hybridized carbons (Fsp3) is 0.300. The van der Waals surface area contributed by atoms with Gasteiger partial charge in [-0.15, -0.1) is 9.24 Å². The lowest BCUT2D eigenvalue weighted by Crippen LogP contribution is -2.14. The second-order valence-corrected chi connectivity index (χ2v) is 3.66. The lowest BCUT2D eigenvalue weighted by atomic mass is 10.1. The Bertz CT molecular complexity index is 352. The van der Waals surface area contributed by atoms with E-state index in [2.05, 4.69) is 20.8 Å². The maximum Gasteiger partial charge on any atom is 0.417 e. The molecule has 1 aromatic carbocycles. The van der Waals surface area contributed by atoms with Crippen molar-refractivity contribution < 1.29 is 18.0 Å². The van der Waals surface area contributed by atoms with Crippen molar-refractivity contribution in [3.05, 3.63) is 29.3 Å². The van der Waals surface area contributed by atoms with E-state index in [4.69, 9.17) is 4.79 Å². The van der Waals surface area contributed by atoms with E-state index in [0.717, 1.165) is 0 Å². The highest BCUT2D eigenvalue weighted by Crippen LogP contribution is 2.29. The molecule has 0 aliphatic rings. The van der Waals surface area contributed by atoms with E-state index in [-0.39, 0.29) is 11.0 Å². The van der Waals surface area contributed by atoms with Crippen LogP contribution in [0.3, 0.4) is 0 Å². The van der Waals surface area contributed by atoms with Crippen LogP contribution in [0.25, 0.3) is 0 Å². The average Bonchev–Trinajstić information content (AvgIpc) is 2.18. The summed E-state index contributed by atoms with van der Waals surface area (Å²) in [6.07, 6.45) is -3.63. The van der Waals surface area contributed by atoms with Crippen molar-refractivity contribution in [1.82, 2.24) is 0 Å². The van der Waals surface area contributed by atoms with Crippen LogP contribution >= 0.6 is 20.8 Å². The molecule has 0 saturated carbocycles. The van der Waals surface area contributed by atoms with Gasteiger partial charge in [-0.3, -0.25) is 4.79 Å². The minimum atomic E-state index is -4.25. The van der Waals surface area contributed by atoms with E-state index >= 15 is 0 Å². The monoisotopic (exact) mass is 270 g/mol. The van der Waals surface area contributed by atoms with E-state index in [0.29, 0.717) is 12.0 Å². The molecule has 1 rings (SSSR count). The second-order valence-electron chi connectivity index (χ2n) is 2.86. The van der Waals surface area contributed by atoms with Crippen LogP contribution in [0.5, 0.6) is 0 Å². The van der Waals surface area contributed by atoms with Gasteiger partial charge in [0.2, 0.25) is 5.75 Å². The second kappa shape index (κ2) is 6.87. The molecule has 1 atom stereocenters. The first kappa shape index (κ1) is 15.4. The molecule has 0 bridgehead atoms. The van der Waals surface area contributed by atoms with Gasteiger partial charge in [-0.1, -0.05) is 19.1 Å². The molecule has 0 amide bonds. The molecule has 0 aliphatic heterocycles. The van der Waals surface area contributed by atoms with Gasteiger partial charge in [0.15, 0.2) is 0 Å². The van der Waals surface area contributed by atoms with Crippen LogP contribution in [0.15, 0.2) is 18.2 Å². The van der Waals surface area contributed by atoms with Crippen molar-refractivity contribution in [3.63, 3.8) is 0 Å². The Hall–Kier alpha value is -0.600. The van der Waals surface area contributed by atoms with Gasteiger partial charge in [0.05, 0.1) is 5.56 Å². The molecule has 0 aromatic heterocycles. The van der Waals surface area contributed by atoms with Crippen molar-refractivity contribution in [1.29, 1.82) is 0 Å². The van der Waals surface area contributed by atoms with Crippen LogP contribution in [0.4, 0.5) is 13.2 Å². The molecule has 0 fully saturated rings. The van der Waals surface area contributed by atoms with Gasteiger partial charge in [-0.05, 0) is 35.0 Å². The smallest absolute Gasteiger partial charge is 0.285 e. The van der Waals surface area contributed by atoms with Crippen LogP contribution in [-0.2, 0) is 17.4 Å². The molecule has 0 spiro atoms. The Labute approximate surface area is 99.2 Å². The summed E-state index contributed by atoms with van der Waals surface area (Å²) in [5, 5.41) is 0.199. The number of alkyl halides is 3. The van der Waals surface area contributed by atoms with Gasteiger partial charge in [0.1, 0.15) is 0 Å². The molecule has 0 N–H and O–H groups in total. The first-order valence-electron chi connectivity index (χ1n) is 4.36. The molecule has 0 saturated heterocycles. The van der Waals surface area contributed by atoms with Crippen molar-refractivity contribution in [2.75, 3.05) is 0 Å². The summed E-state index contributed by atoms with van der Waals surface area (Å²) in [4.78, 5) is 8.57. The van der Waals surface area contributed by atoms with Gasteiger partial charge >= 0.3 is 6.18 Å². The first-order valence-corrected chi connectivity index (χ1v) is 5.37. The zero-order chi connectivity index (χ0) is 12.8. The van der Waals surface area contributed by atoms with Crippen molar-refractivity contribution >= 4 is 31.9 Å². The lowest BCUT2D eigenvalue weighted by Gasteiger charge is -2.10. The topological polar surface area (TPSA) is 17.1 Å². The number of halogens is 4. The number of benzene rings is 1. The van der Waals surface area contributed by atoms with Gasteiger partial charge < -0.3 is 0 Å². The van der Waals surface area contributed by atoms with E-state index in [9.17, 15) is 13.2 Å². The van der Waals surface area contributed by atoms with Crippen LogP contribution in [0.2, 0.25) is 0 Å². The molecular formula is C10H11ClF3OP. The third kappa shape index (κ3) is 4.95. The first-order chi connectivity index (χ1) is 7.36. The van der Waals surface area contributed by atoms with Crippen molar-refractivity contribution in [3.8, 4) is 0 Å². The molecule has 1 nitrogen and oxygen atoms in total. The van der Waals surface area contributed by atoms with E-state index in [1.165, 1.54) is 12.1 Å². The molecule has 0 aliphatic carbocycles. The summed E-state index contributed by atoms with van der Waals surface area (Å²) in [7, 11) is 2.10. The predicted octanol–water partition coefficient (Wildman–Crippen LogP) is 3.18. The number of aryl methyl sites for hydroxylation is 1. The Morgan fingerprint density at radius 2 is 1.94 bits per heavy atom. The Kier molecular flexibility index (Phi) is 6.61. The fourth-order valence-electron chi connectivity index (χ4n) is 1.07. The summed E-state index contributed by atoms with van der Waals surface area (Å²) in [5.74, 6) is 0.222. The number of carbonyl (C=O) groups is 1. The summed E-state index contributed by atoms with van der Waals surface area (Å²) in [5.41, 5.74) is 0.148. The van der Waals surface area contributed by atoms with Gasteiger partial charge in [0, 0.05) is 0 Å². The summed E-state index contributed by atoms with van der Waals surface area (Å²) in [6, 6.07) is 4.38. The Balaban J connectivity index is 0.000000673. The predicted molar refractivity (Wildman–Crippen MR) is 62.8 cm³/mol. The molecule has 0 radical (unpaired) electrons. The SMILES string of the molecule is CCc1ccc(P)c(C(F)(F)F)c1.O=CCl. The summed E-state index contributed by atoms with van der Waals surface area (Å²) >= 11 is 4.32. The van der Waals surface area contributed by atoms with Crippen LogP contribution in [0, 0.1) is 0 Å². The van der Waals surface area contributed by atoms with Gasteiger partial charge in [0.25, 0.3) is 0 Å². The third-order valence-electron chi connectivity index (χ3n) is 1.83. The van der Waals surface area contributed by atoms with E-state index in [1.807, 2.05) is 6.92 Å². The number of rotatable bonds is 1. The quantitative estimate of drug-likeness (QED) is 0.435. The van der Waals surface area contributed by atoms with Crippen LogP contribution < -0.4 is 5.30 Å². The highest BCUT2D eigenvalue weighted by Gasteiger charge is 2.32. The fourth-order valence-corrected chi connectivity index (χ4v) is 1.41. The molecular weight excluding hydrogens is 260 g/mol. The molecule has 16 heavy (non-hydrogen) atoms. The summed E-state index contributed by atoms with van der Waals surface area (Å²) in [6.45, 7) is 1.83. The Morgan fingerprint density at radius 3 is 2.31 bits per heavy atom. The molecule has 0 heterocycles. The van der Waals surface area contributed by atoms with Crippen molar-refractivity contribution in [2.45, 2.75) is 19.5 Å². The zero-order valence-electron chi connectivity index (χ0n) is 8.51. The molecule has 6 heteroatoms. The van der Waals surface area contributed by atoms with Gasteiger partial charge in [-0.2, -0.15) is 13.2 Å².